The van der Waals surface area contributed by atoms with Gasteiger partial charge in [0.2, 0.25) is 5.95 Å². The summed E-state index contributed by atoms with van der Waals surface area (Å²) < 4.78 is 0. The van der Waals surface area contributed by atoms with Gasteiger partial charge in [0.05, 0.1) is 0 Å². The second kappa shape index (κ2) is 4.17. The first-order valence-corrected chi connectivity index (χ1v) is 6.22. The number of rotatable bonds is 1. The van der Waals surface area contributed by atoms with E-state index in [2.05, 4.69) is 35.6 Å². The minimum atomic E-state index is 0.363. The van der Waals surface area contributed by atoms with E-state index in [0.717, 1.165) is 30.5 Å². The van der Waals surface area contributed by atoms with E-state index in [1.807, 2.05) is 13.0 Å². The lowest BCUT2D eigenvalue weighted by molar-refractivity contribution is 0.263. The van der Waals surface area contributed by atoms with Gasteiger partial charge in [-0.1, -0.05) is 20.8 Å². The van der Waals surface area contributed by atoms with Crippen LogP contribution in [0.5, 0.6) is 0 Å². The number of anilines is 2. The lowest BCUT2D eigenvalue weighted by atomic mass is 9.80. The third-order valence-electron chi connectivity index (χ3n) is 3.59. The first-order chi connectivity index (χ1) is 7.86. The fourth-order valence-electron chi connectivity index (χ4n) is 2.41. The molecule has 1 unspecified atom stereocenters. The predicted molar refractivity (Wildman–Crippen MR) is 71.0 cm³/mol. The van der Waals surface area contributed by atoms with Crippen molar-refractivity contribution in [2.75, 3.05) is 23.7 Å². The van der Waals surface area contributed by atoms with Crippen LogP contribution in [0.3, 0.4) is 0 Å². The summed E-state index contributed by atoms with van der Waals surface area (Å²) in [6, 6.07) is 2.02. The predicted octanol–water partition coefficient (Wildman–Crippen LogP) is 2.24. The Bertz CT molecular complexity index is 388. The quantitative estimate of drug-likeness (QED) is 0.809. The molecule has 17 heavy (non-hydrogen) atoms. The summed E-state index contributed by atoms with van der Waals surface area (Å²) in [7, 11) is 0. The van der Waals surface area contributed by atoms with Crippen LogP contribution >= 0.6 is 0 Å². The van der Waals surface area contributed by atoms with Crippen molar-refractivity contribution in [3.05, 3.63) is 11.8 Å². The Morgan fingerprint density at radius 3 is 2.59 bits per heavy atom. The molecule has 1 fully saturated rings. The molecule has 1 aromatic heterocycles. The standard InChI is InChI=1S/C13H22N4/c1-9-7-11(16-12(14)15-9)17-6-5-10(8-17)13(2,3)4/h7,10H,5-6,8H2,1-4H3,(H2,14,15,16). The van der Waals surface area contributed by atoms with Crippen molar-refractivity contribution in [3.63, 3.8) is 0 Å². The fraction of sp³-hybridized carbons (Fsp3) is 0.692. The van der Waals surface area contributed by atoms with Crippen molar-refractivity contribution in [1.29, 1.82) is 0 Å². The van der Waals surface area contributed by atoms with Gasteiger partial charge in [-0.2, -0.15) is 4.98 Å². The van der Waals surface area contributed by atoms with Gasteiger partial charge in [0.1, 0.15) is 5.82 Å². The molecule has 1 aliphatic heterocycles. The van der Waals surface area contributed by atoms with Crippen molar-refractivity contribution in [2.45, 2.75) is 34.1 Å². The summed E-state index contributed by atoms with van der Waals surface area (Å²) in [5, 5.41) is 0. The minimum Gasteiger partial charge on any atom is -0.368 e. The molecular weight excluding hydrogens is 212 g/mol. The van der Waals surface area contributed by atoms with E-state index >= 15 is 0 Å². The molecule has 0 bridgehead atoms. The molecule has 0 spiro atoms. The SMILES string of the molecule is Cc1cc(N2CCC(C(C)(C)C)C2)nc(N)n1. The molecule has 2 N–H and O–H groups in total. The molecule has 1 aromatic rings. The first-order valence-electron chi connectivity index (χ1n) is 6.22. The molecule has 94 valence electrons. The number of hydrogen-bond donors (Lipinski definition) is 1. The highest BCUT2D eigenvalue weighted by atomic mass is 15.2. The largest absolute Gasteiger partial charge is 0.368 e. The van der Waals surface area contributed by atoms with Gasteiger partial charge in [-0.25, -0.2) is 4.98 Å². The maximum Gasteiger partial charge on any atom is 0.222 e. The van der Waals surface area contributed by atoms with Crippen LogP contribution in [0.4, 0.5) is 11.8 Å². The molecule has 4 nitrogen and oxygen atoms in total. The summed E-state index contributed by atoms with van der Waals surface area (Å²) in [5.74, 6) is 2.07. The van der Waals surface area contributed by atoms with Crippen LogP contribution < -0.4 is 10.6 Å². The fourth-order valence-corrected chi connectivity index (χ4v) is 2.41. The van der Waals surface area contributed by atoms with Gasteiger partial charge < -0.3 is 10.6 Å². The van der Waals surface area contributed by atoms with Crippen LogP contribution in [0, 0.1) is 18.3 Å². The molecule has 2 rings (SSSR count). The average Bonchev–Trinajstić information content (AvgIpc) is 2.63. The maximum absolute atomic E-state index is 5.70. The monoisotopic (exact) mass is 234 g/mol. The van der Waals surface area contributed by atoms with E-state index in [1.165, 1.54) is 6.42 Å². The third kappa shape index (κ3) is 2.68. The van der Waals surface area contributed by atoms with Crippen molar-refractivity contribution in [1.82, 2.24) is 9.97 Å². The van der Waals surface area contributed by atoms with Gasteiger partial charge in [-0.3, -0.25) is 0 Å². The molecular formula is C13H22N4. The number of nitrogens with two attached hydrogens (primary N) is 1. The van der Waals surface area contributed by atoms with Crippen molar-refractivity contribution < 1.29 is 0 Å². The molecule has 2 heterocycles. The van der Waals surface area contributed by atoms with Gasteiger partial charge in [0.25, 0.3) is 0 Å². The number of hydrogen-bond acceptors (Lipinski definition) is 4. The van der Waals surface area contributed by atoms with Crippen LogP contribution in [-0.2, 0) is 0 Å². The van der Waals surface area contributed by atoms with Crippen LogP contribution in [-0.4, -0.2) is 23.1 Å². The highest BCUT2D eigenvalue weighted by Gasteiger charge is 2.32. The van der Waals surface area contributed by atoms with Crippen LogP contribution in [0.15, 0.2) is 6.07 Å². The number of aryl methyl sites for hydroxylation is 1. The number of nitrogen functional groups attached to an aromatic ring is 1. The molecule has 0 aliphatic carbocycles. The van der Waals surface area contributed by atoms with E-state index in [4.69, 9.17) is 5.73 Å². The Labute approximate surface area is 103 Å². The minimum absolute atomic E-state index is 0.363. The molecule has 0 radical (unpaired) electrons. The molecule has 0 aromatic carbocycles. The Morgan fingerprint density at radius 1 is 1.35 bits per heavy atom. The van der Waals surface area contributed by atoms with Crippen molar-refractivity contribution in [3.8, 4) is 0 Å². The van der Waals surface area contributed by atoms with E-state index in [0.29, 0.717) is 11.4 Å². The topological polar surface area (TPSA) is 55.0 Å². The van der Waals surface area contributed by atoms with Crippen LogP contribution in [0.2, 0.25) is 0 Å². The van der Waals surface area contributed by atoms with Gasteiger partial charge in [-0.05, 0) is 24.7 Å². The molecule has 0 amide bonds. The van der Waals surface area contributed by atoms with E-state index < -0.39 is 0 Å². The van der Waals surface area contributed by atoms with Crippen molar-refractivity contribution in [2.24, 2.45) is 11.3 Å². The second-order valence-electron chi connectivity index (χ2n) is 6.02. The van der Waals surface area contributed by atoms with Crippen LogP contribution in [0.25, 0.3) is 0 Å². The van der Waals surface area contributed by atoms with E-state index in [1.54, 1.807) is 0 Å². The maximum atomic E-state index is 5.70. The lowest BCUT2D eigenvalue weighted by Crippen LogP contribution is -2.26. The van der Waals surface area contributed by atoms with Gasteiger partial charge in [0.15, 0.2) is 0 Å². The number of nitrogens with zero attached hydrogens (tertiary/aromatic N) is 3. The second-order valence-corrected chi connectivity index (χ2v) is 6.02. The Morgan fingerprint density at radius 2 is 2.06 bits per heavy atom. The zero-order valence-electron chi connectivity index (χ0n) is 11.2. The highest BCUT2D eigenvalue weighted by Crippen LogP contribution is 2.35. The summed E-state index contributed by atoms with van der Waals surface area (Å²) in [5.41, 5.74) is 7.00. The summed E-state index contributed by atoms with van der Waals surface area (Å²) >= 11 is 0. The average molecular weight is 234 g/mol. The van der Waals surface area contributed by atoms with E-state index in [9.17, 15) is 0 Å². The summed E-state index contributed by atoms with van der Waals surface area (Å²) in [4.78, 5) is 10.8. The van der Waals surface area contributed by atoms with Crippen LogP contribution in [0.1, 0.15) is 32.9 Å². The first kappa shape index (κ1) is 12.1. The van der Waals surface area contributed by atoms with Gasteiger partial charge >= 0.3 is 0 Å². The number of aromatic nitrogens is 2. The molecule has 1 aliphatic rings. The zero-order chi connectivity index (χ0) is 12.6. The molecule has 1 saturated heterocycles. The molecule has 4 heteroatoms. The summed E-state index contributed by atoms with van der Waals surface area (Å²) in [6.45, 7) is 11.0. The zero-order valence-corrected chi connectivity index (χ0v) is 11.2. The Kier molecular flexibility index (Phi) is 2.98. The summed E-state index contributed by atoms with van der Waals surface area (Å²) in [6.07, 6.45) is 1.23. The lowest BCUT2D eigenvalue weighted by Gasteiger charge is -2.27. The normalized spacial score (nSPS) is 20.9. The van der Waals surface area contributed by atoms with Gasteiger partial charge in [0, 0.05) is 24.8 Å². The van der Waals surface area contributed by atoms with Gasteiger partial charge in [-0.15, -0.1) is 0 Å². The Hall–Kier alpha value is -1.32. The molecule has 0 saturated carbocycles. The van der Waals surface area contributed by atoms with E-state index in [-0.39, 0.29) is 0 Å². The smallest absolute Gasteiger partial charge is 0.222 e. The Balaban J connectivity index is 2.15. The van der Waals surface area contributed by atoms with Crippen molar-refractivity contribution >= 4 is 11.8 Å². The highest BCUT2D eigenvalue weighted by molar-refractivity contribution is 5.44. The molecule has 1 atom stereocenters. The third-order valence-corrected chi connectivity index (χ3v) is 3.59.